The maximum absolute atomic E-state index is 4.60. The summed E-state index contributed by atoms with van der Waals surface area (Å²) in [6, 6.07) is 0.460. The molecule has 0 bridgehead atoms. The third-order valence-corrected chi connectivity index (χ3v) is 4.91. The Balaban J connectivity index is 1.97. The van der Waals surface area contributed by atoms with Gasteiger partial charge in [-0.2, -0.15) is 0 Å². The molecule has 1 N–H and O–H groups in total. The van der Waals surface area contributed by atoms with Crippen LogP contribution >= 0.6 is 11.3 Å². The van der Waals surface area contributed by atoms with Crippen LogP contribution in [0, 0.1) is 6.92 Å². The van der Waals surface area contributed by atoms with E-state index in [2.05, 4.69) is 48.4 Å². The molecule has 96 valence electrons. The van der Waals surface area contributed by atoms with Gasteiger partial charge in [0.05, 0.1) is 16.7 Å². The normalized spacial score (nSPS) is 22.6. The van der Waals surface area contributed by atoms with Crippen molar-refractivity contribution in [1.29, 1.82) is 0 Å². The Morgan fingerprint density at radius 3 is 2.59 bits per heavy atom. The van der Waals surface area contributed by atoms with Crippen LogP contribution < -0.4 is 5.32 Å². The van der Waals surface area contributed by atoms with Crippen LogP contribution in [0.5, 0.6) is 0 Å². The maximum Gasteiger partial charge on any atom is 0.0898 e. The number of aromatic nitrogens is 1. The van der Waals surface area contributed by atoms with Crippen LogP contribution in [0.1, 0.15) is 43.4 Å². The van der Waals surface area contributed by atoms with Gasteiger partial charge in [0.25, 0.3) is 0 Å². The molecule has 1 atom stereocenters. The van der Waals surface area contributed by atoms with Gasteiger partial charge in [-0.1, -0.05) is 0 Å². The molecule has 1 saturated heterocycles. The highest BCUT2D eigenvalue weighted by atomic mass is 32.1. The average Bonchev–Trinajstić information content (AvgIpc) is 2.76. The van der Waals surface area contributed by atoms with Crippen molar-refractivity contribution in [1.82, 2.24) is 15.2 Å². The van der Waals surface area contributed by atoms with Crippen LogP contribution in [0.4, 0.5) is 0 Å². The SMILES string of the molecule is CNC1(C)CCN(C(C)c2csc(C)n2)CC1. The first-order chi connectivity index (χ1) is 8.04. The number of nitrogens with one attached hydrogen (secondary N) is 1. The van der Waals surface area contributed by atoms with Gasteiger partial charge in [-0.3, -0.25) is 4.90 Å². The first kappa shape index (κ1) is 13.0. The molecule has 3 nitrogen and oxygen atoms in total. The number of hydrogen-bond acceptors (Lipinski definition) is 4. The molecule has 1 aromatic heterocycles. The molecule has 1 fully saturated rings. The van der Waals surface area contributed by atoms with Crippen molar-refractivity contribution >= 4 is 11.3 Å². The highest BCUT2D eigenvalue weighted by Crippen LogP contribution is 2.28. The van der Waals surface area contributed by atoms with E-state index >= 15 is 0 Å². The Hall–Kier alpha value is -0.450. The fraction of sp³-hybridized carbons (Fsp3) is 0.769. The Morgan fingerprint density at radius 1 is 1.47 bits per heavy atom. The molecule has 0 amide bonds. The molecule has 1 aliphatic heterocycles. The number of aryl methyl sites for hydroxylation is 1. The molecule has 0 radical (unpaired) electrons. The molecular formula is C13H23N3S. The standard InChI is InChI=1S/C13H23N3S/c1-10(12-9-17-11(2)15-12)16-7-5-13(3,14-4)6-8-16/h9-10,14H,5-8H2,1-4H3. The summed E-state index contributed by atoms with van der Waals surface area (Å²) in [7, 11) is 2.07. The third-order valence-electron chi connectivity index (χ3n) is 4.12. The van der Waals surface area contributed by atoms with Gasteiger partial charge in [0.2, 0.25) is 0 Å². The van der Waals surface area contributed by atoms with E-state index in [1.165, 1.54) is 23.5 Å². The van der Waals surface area contributed by atoms with Crippen LogP contribution in [0.15, 0.2) is 5.38 Å². The van der Waals surface area contributed by atoms with Crippen LogP contribution in [0.2, 0.25) is 0 Å². The topological polar surface area (TPSA) is 28.2 Å². The summed E-state index contributed by atoms with van der Waals surface area (Å²) in [5, 5.41) is 6.81. The van der Waals surface area contributed by atoms with Gasteiger partial charge in [0, 0.05) is 24.0 Å². The van der Waals surface area contributed by atoms with Crippen LogP contribution in [0.25, 0.3) is 0 Å². The predicted molar refractivity (Wildman–Crippen MR) is 73.5 cm³/mol. The van der Waals surface area contributed by atoms with E-state index in [4.69, 9.17) is 0 Å². The number of rotatable bonds is 3. The van der Waals surface area contributed by atoms with Gasteiger partial charge in [0.15, 0.2) is 0 Å². The second-order valence-corrected chi connectivity index (χ2v) is 6.38. The van der Waals surface area contributed by atoms with Gasteiger partial charge in [-0.05, 0) is 40.7 Å². The molecule has 0 spiro atoms. The van der Waals surface area contributed by atoms with E-state index in [9.17, 15) is 0 Å². The van der Waals surface area contributed by atoms with Gasteiger partial charge in [0.1, 0.15) is 0 Å². The van der Waals surface area contributed by atoms with Crippen LogP contribution in [-0.2, 0) is 0 Å². The molecular weight excluding hydrogens is 230 g/mol. The Kier molecular flexibility index (Phi) is 3.85. The lowest BCUT2D eigenvalue weighted by molar-refractivity contribution is 0.116. The zero-order chi connectivity index (χ0) is 12.5. The Morgan fingerprint density at radius 2 is 2.12 bits per heavy atom. The molecule has 1 aliphatic rings. The third kappa shape index (κ3) is 2.87. The van der Waals surface area contributed by atoms with E-state index in [1.807, 2.05) is 0 Å². The first-order valence-corrected chi connectivity index (χ1v) is 7.27. The molecule has 0 aromatic carbocycles. The van der Waals surface area contributed by atoms with E-state index in [1.54, 1.807) is 11.3 Å². The molecule has 0 aliphatic carbocycles. The lowest BCUT2D eigenvalue weighted by Crippen LogP contribution is -2.50. The minimum absolute atomic E-state index is 0.328. The Labute approximate surface area is 108 Å². The van der Waals surface area contributed by atoms with Crippen LogP contribution in [-0.4, -0.2) is 35.6 Å². The molecule has 2 heterocycles. The van der Waals surface area contributed by atoms with E-state index in [0.717, 1.165) is 13.1 Å². The smallest absolute Gasteiger partial charge is 0.0898 e. The van der Waals surface area contributed by atoms with Crippen molar-refractivity contribution in [3.8, 4) is 0 Å². The molecule has 0 saturated carbocycles. The quantitative estimate of drug-likeness (QED) is 0.897. The average molecular weight is 253 g/mol. The summed E-state index contributed by atoms with van der Waals surface area (Å²) >= 11 is 1.75. The monoisotopic (exact) mass is 253 g/mol. The highest BCUT2D eigenvalue weighted by molar-refractivity contribution is 7.09. The van der Waals surface area contributed by atoms with E-state index in [0.29, 0.717) is 11.6 Å². The summed E-state index contributed by atoms with van der Waals surface area (Å²) in [5.41, 5.74) is 1.56. The lowest BCUT2D eigenvalue weighted by atomic mass is 9.89. The summed E-state index contributed by atoms with van der Waals surface area (Å²) in [5.74, 6) is 0. The fourth-order valence-corrected chi connectivity index (χ4v) is 3.11. The molecule has 2 rings (SSSR count). The lowest BCUT2D eigenvalue weighted by Gasteiger charge is -2.41. The van der Waals surface area contributed by atoms with Crippen molar-refractivity contribution in [3.63, 3.8) is 0 Å². The van der Waals surface area contributed by atoms with Crippen LogP contribution in [0.3, 0.4) is 0 Å². The van der Waals surface area contributed by atoms with E-state index < -0.39 is 0 Å². The van der Waals surface area contributed by atoms with Gasteiger partial charge < -0.3 is 5.32 Å². The number of thiazole rings is 1. The van der Waals surface area contributed by atoms with E-state index in [-0.39, 0.29) is 0 Å². The van der Waals surface area contributed by atoms with Gasteiger partial charge in [-0.25, -0.2) is 4.98 Å². The summed E-state index contributed by atoms with van der Waals surface area (Å²) in [6.45, 7) is 9.00. The first-order valence-electron chi connectivity index (χ1n) is 6.39. The van der Waals surface area contributed by atoms with Crippen molar-refractivity contribution in [2.75, 3.05) is 20.1 Å². The molecule has 1 unspecified atom stereocenters. The van der Waals surface area contributed by atoms with Crippen molar-refractivity contribution in [2.45, 2.75) is 45.2 Å². The minimum atomic E-state index is 0.328. The molecule has 17 heavy (non-hydrogen) atoms. The summed E-state index contributed by atoms with van der Waals surface area (Å²) < 4.78 is 0. The number of piperidine rings is 1. The largest absolute Gasteiger partial charge is 0.314 e. The zero-order valence-corrected chi connectivity index (χ0v) is 12.1. The number of nitrogens with zero attached hydrogens (tertiary/aromatic N) is 2. The summed E-state index contributed by atoms with van der Waals surface area (Å²) in [6.07, 6.45) is 2.44. The second kappa shape index (κ2) is 5.04. The maximum atomic E-state index is 4.60. The minimum Gasteiger partial charge on any atom is -0.314 e. The fourth-order valence-electron chi connectivity index (χ4n) is 2.41. The van der Waals surface area contributed by atoms with Crippen molar-refractivity contribution in [3.05, 3.63) is 16.1 Å². The predicted octanol–water partition coefficient (Wildman–Crippen LogP) is 2.59. The van der Waals surface area contributed by atoms with Gasteiger partial charge >= 0.3 is 0 Å². The highest BCUT2D eigenvalue weighted by Gasteiger charge is 2.30. The molecule has 1 aromatic rings. The second-order valence-electron chi connectivity index (χ2n) is 5.31. The number of hydrogen-bond donors (Lipinski definition) is 1. The zero-order valence-electron chi connectivity index (χ0n) is 11.3. The van der Waals surface area contributed by atoms with Gasteiger partial charge in [-0.15, -0.1) is 11.3 Å². The Bertz CT molecular complexity index is 366. The number of likely N-dealkylation sites (tertiary alicyclic amines) is 1. The van der Waals surface area contributed by atoms with Crippen molar-refractivity contribution in [2.24, 2.45) is 0 Å². The van der Waals surface area contributed by atoms with Crippen molar-refractivity contribution < 1.29 is 0 Å². The molecule has 4 heteroatoms. The summed E-state index contributed by atoms with van der Waals surface area (Å²) in [4.78, 5) is 7.15.